The van der Waals surface area contributed by atoms with Gasteiger partial charge in [-0.1, -0.05) is 22.0 Å². The highest BCUT2D eigenvalue weighted by molar-refractivity contribution is 9.10. The molecule has 0 saturated carbocycles. The number of carbonyl (C=O) groups excluding carboxylic acids is 1. The van der Waals surface area contributed by atoms with Crippen LogP contribution < -0.4 is 5.32 Å². The van der Waals surface area contributed by atoms with E-state index in [0.29, 0.717) is 5.69 Å². The van der Waals surface area contributed by atoms with Crippen molar-refractivity contribution in [3.05, 3.63) is 63.6 Å². The minimum absolute atomic E-state index is 0.0367. The first-order chi connectivity index (χ1) is 9.77. The van der Waals surface area contributed by atoms with Gasteiger partial charge < -0.3 is 5.32 Å². The smallest absolute Gasteiger partial charge is 0.322 e. The number of carbonyl (C=O) groups is 1. The Labute approximate surface area is 128 Å². The highest BCUT2D eigenvalue weighted by Gasteiger charge is 2.30. The van der Waals surface area contributed by atoms with Gasteiger partial charge in [-0.25, -0.2) is 0 Å². The molecule has 2 rings (SSSR count). The number of benzene rings is 2. The molecule has 0 heterocycles. The second kappa shape index (κ2) is 5.89. The third-order valence-electron chi connectivity index (χ3n) is 2.87. The summed E-state index contributed by atoms with van der Waals surface area (Å²) in [6.07, 6.45) is -4.47. The van der Waals surface area contributed by atoms with Crippen LogP contribution in [-0.4, -0.2) is 5.91 Å². The van der Waals surface area contributed by atoms with Gasteiger partial charge in [0.1, 0.15) is 0 Å². The Morgan fingerprint density at radius 3 is 2.48 bits per heavy atom. The molecule has 0 atom stereocenters. The van der Waals surface area contributed by atoms with Crippen LogP contribution in [0.3, 0.4) is 0 Å². The number of nitrogens with one attached hydrogen (secondary N) is 1. The summed E-state index contributed by atoms with van der Waals surface area (Å²) in [6, 6.07) is 9.48. The molecule has 0 bridgehead atoms. The van der Waals surface area contributed by atoms with Crippen molar-refractivity contribution < 1.29 is 18.0 Å². The second-order valence-electron chi connectivity index (χ2n) is 4.50. The Morgan fingerprint density at radius 2 is 1.86 bits per heavy atom. The lowest BCUT2D eigenvalue weighted by Gasteiger charge is -2.10. The molecule has 2 aromatic rings. The number of hydrogen-bond acceptors (Lipinski definition) is 1. The van der Waals surface area contributed by atoms with Gasteiger partial charge in [0.2, 0.25) is 0 Å². The van der Waals surface area contributed by atoms with Gasteiger partial charge in [0.15, 0.2) is 0 Å². The Kier molecular flexibility index (Phi) is 4.37. The molecule has 2 nitrogen and oxygen atoms in total. The maximum absolute atomic E-state index is 12.6. The fourth-order valence-corrected chi connectivity index (χ4v) is 2.01. The number of hydrogen-bond donors (Lipinski definition) is 1. The summed E-state index contributed by atoms with van der Waals surface area (Å²) in [6.45, 7) is 1.85. The average molecular weight is 358 g/mol. The molecule has 110 valence electrons. The molecule has 1 N–H and O–H groups in total. The van der Waals surface area contributed by atoms with E-state index in [4.69, 9.17) is 0 Å². The van der Waals surface area contributed by atoms with Gasteiger partial charge in [0.05, 0.1) is 5.56 Å². The molecule has 21 heavy (non-hydrogen) atoms. The van der Waals surface area contributed by atoms with Crippen molar-refractivity contribution in [2.24, 2.45) is 0 Å². The van der Waals surface area contributed by atoms with Gasteiger partial charge in [-0.15, -0.1) is 0 Å². The third kappa shape index (κ3) is 3.85. The number of rotatable bonds is 2. The second-order valence-corrected chi connectivity index (χ2v) is 5.35. The van der Waals surface area contributed by atoms with Crippen molar-refractivity contribution >= 4 is 27.5 Å². The Hall–Kier alpha value is -1.82. The maximum Gasteiger partial charge on any atom is 0.416 e. The largest absolute Gasteiger partial charge is 0.416 e. The average Bonchev–Trinajstić information content (AvgIpc) is 2.42. The van der Waals surface area contributed by atoms with Gasteiger partial charge in [-0.3, -0.25) is 4.79 Å². The summed E-state index contributed by atoms with van der Waals surface area (Å²) in [5, 5.41) is 2.58. The molecule has 0 unspecified atom stereocenters. The number of aryl methyl sites for hydroxylation is 1. The van der Waals surface area contributed by atoms with Crippen molar-refractivity contribution in [1.29, 1.82) is 0 Å². The zero-order valence-electron chi connectivity index (χ0n) is 11.0. The predicted molar refractivity (Wildman–Crippen MR) is 78.3 cm³/mol. The molecule has 0 radical (unpaired) electrons. The van der Waals surface area contributed by atoms with E-state index in [0.717, 1.165) is 22.2 Å². The first-order valence-corrected chi connectivity index (χ1v) is 6.81. The lowest BCUT2D eigenvalue weighted by molar-refractivity contribution is -0.137. The summed E-state index contributed by atoms with van der Waals surface area (Å²) in [7, 11) is 0. The molecule has 0 aliphatic rings. The first kappa shape index (κ1) is 15.6. The first-order valence-electron chi connectivity index (χ1n) is 6.02. The van der Waals surface area contributed by atoms with E-state index in [-0.39, 0.29) is 5.56 Å². The summed E-state index contributed by atoms with van der Waals surface area (Å²) in [5.41, 5.74) is 0.558. The quantitative estimate of drug-likeness (QED) is 0.802. The van der Waals surface area contributed by atoms with E-state index in [2.05, 4.69) is 21.2 Å². The van der Waals surface area contributed by atoms with Crippen LogP contribution in [0, 0.1) is 6.92 Å². The molecule has 0 aromatic heterocycles. The van der Waals surface area contributed by atoms with E-state index in [1.165, 1.54) is 12.1 Å². The van der Waals surface area contributed by atoms with Crippen LogP contribution in [0.25, 0.3) is 0 Å². The van der Waals surface area contributed by atoms with Gasteiger partial charge >= 0.3 is 6.18 Å². The molecular formula is C15H11BrF3NO. The SMILES string of the molecule is Cc1cc(NC(=O)c2cccc(C(F)(F)F)c2)ccc1Br. The summed E-state index contributed by atoms with van der Waals surface area (Å²) < 4.78 is 38.7. The van der Waals surface area contributed by atoms with Gasteiger partial charge in [-0.05, 0) is 48.9 Å². The predicted octanol–water partition coefficient (Wildman–Crippen LogP) is 5.03. The van der Waals surface area contributed by atoms with Crippen LogP contribution in [0.4, 0.5) is 18.9 Å². The number of amides is 1. The number of halogens is 4. The minimum atomic E-state index is -4.47. The summed E-state index contributed by atoms with van der Waals surface area (Å²) in [5.74, 6) is -0.581. The molecular weight excluding hydrogens is 347 g/mol. The zero-order valence-corrected chi connectivity index (χ0v) is 12.5. The van der Waals surface area contributed by atoms with E-state index in [1.807, 2.05) is 6.92 Å². The highest BCUT2D eigenvalue weighted by atomic mass is 79.9. The molecule has 0 fully saturated rings. The summed E-state index contributed by atoms with van der Waals surface area (Å²) in [4.78, 5) is 12.0. The Balaban J connectivity index is 2.22. The van der Waals surface area contributed by atoms with Crippen LogP contribution >= 0.6 is 15.9 Å². The molecule has 6 heteroatoms. The van der Waals surface area contributed by atoms with Crippen molar-refractivity contribution in [2.45, 2.75) is 13.1 Å². The third-order valence-corrected chi connectivity index (χ3v) is 3.76. The highest BCUT2D eigenvalue weighted by Crippen LogP contribution is 2.29. The van der Waals surface area contributed by atoms with E-state index in [1.54, 1.807) is 18.2 Å². The van der Waals surface area contributed by atoms with Crippen molar-refractivity contribution in [3.63, 3.8) is 0 Å². The van der Waals surface area contributed by atoms with Crippen LogP contribution in [0.15, 0.2) is 46.9 Å². The monoisotopic (exact) mass is 357 g/mol. The van der Waals surface area contributed by atoms with Crippen molar-refractivity contribution in [3.8, 4) is 0 Å². The Morgan fingerprint density at radius 1 is 1.14 bits per heavy atom. The molecule has 0 spiro atoms. The van der Waals surface area contributed by atoms with Gasteiger partial charge in [0.25, 0.3) is 5.91 Å². The normalized spacial score (nSPS) is 11.3. The molecule has 0 aliphatic carbocycles. The molecule has 2 aromatic carbocycles. The minimum Gasteiger partial charge on any atom is -0.322 e. The van der Waals surface area contributed by atoms with Crippen molar-refractivity contribution in [1.82, 2.24) is 0 Å². The number of alkyl halides is 3. The van der Waals surface area contributed by atoms with Gasteiger partial charge in [0, 0.05) is 15.7 Å². The fraction of sp³-hybridized carbons (Fsp3) is 0.133. The fourth-order valence-electron chi connectivity index (χ4n) is 1.76. The standard InChI is InChI=1S/C15H11BrF3NO/c1-9-7-12(5-6-13(9)16)20-14(21)10-3-2-4-11(8-10)15(17,18)19/h2-8H,1H3,(H,20,21). The molecule has 1 amide bonds. The lowest BCUT2D eigenvalue weighted by Crippen LogP contribution is -2.14. The van der Waals surface area contributed by atoms with Crippen LogP contribution in [0.5, 0.6) is 0 Å². The molecule has 0 aliphatic heterocycles. The number of anilines is 1. The molecule has 0 saturated heterocycles. The van der Waals surface area contributed by atoms with E-state index >= 15 is 0 Å². The van der Waals surface area contributed by atoms with E-state index < -0.39 is 17.6 Å². The van der Waals surface area contributed by atoms with Crippen LogP contribution in [0.1, 0.15) is 21.5 Å². The maximum atomic E-state index is 12.6. The summed E-state index contributed by atoms with van der Waals surface area (Å²) >= 11 is 3.33. The van der Waals surface area contributed by atoms with E-state index in [9.17, 15) is 18.0 Å². The zero-order chi connectivity index (χ0) is 15.6. The van der Waals surface area contributed by atoms with Crippen molar-refractivity contribution in [2.75, 3.05) is 5.32 Å². The topological polar surface area (TPSA) is 29.1 Å². The van der Waals surface area contributed by atoms with Crippen LogP contribution in [-0.2, 0) is 6.18 Å². The van der Waals surface area contributed by atoms with Crippen LogP contribution in [0.2, 0.25) is 0 Å². The Bertz CT molecular complexity index is 683. The lowest BCUT2D eigenvalue weighted by atomic mass is 10.1. The van der Waals surface area contributed by atoms with Gasteiger partial charge in [-0.2, -0.15) is 13.2 Å².